The topological polar surface area (TPSA) is 42.0 Å². The summed E-state index contributed by atoms with van der Waals surface area (Å²) < 4.78 is 26.0. The maximum Gasteiger partial charge on any atom is 0.256 e. The number of nitrogens with zero attached hydrogens (tertiary/aromatic N) is 1. The fourth-order valence-electron chi connectivity index (χ4n) is 2.10. The molecule has 0 radical (unpaired) electrons. The van der Waals surface area contributed by atoms with E-state index in [4.69, 9.17) is 0 Å². The number of hydrogen-bond donors (Lipinski definition) is 1. The molecule has 0 saturated heterocycles. The van der Waals surface area contributed by atoms with Crippen molar-refractivity contribution in [3.8, 4) is 11.1 Å². The van der Waals surface area contributed by atoms with Crippen LogP contribution in [0.3, 0.4) is 0 Å². The molecule has 5 heteroatoms. The van der Waals surface area contributed by atoms with E-state index in [0.717, 1.165) is 23.3 Å². The number of amides is 1. The highest BCUT2D eigenvalue weighted by Crippen LogP contribution is 2.19. The van der Waals surface area contributed by atoms with Gasteiger partial charge < -0.3 is 5.32 Å². The van der Waals surface area contributed by atoms with Crippen LogP contribution in [0.2, 0.25) is 0 Å². The Labute approximate surface area is 131 Å². The molecule has 0 fully saturated rings. The summed E-state index contributed by atoms with van der Waals surface area (Å²) in [5.41, 5.74) is 1.95. The molecule has 114 valence electrons. The van der Waals surface area contributed by atoms with Crippen molar-refractivity contribution in [3.63, 3.8) is 0 Å². The van der Waals surface area contributed by atoms with E-state index in [1.807, 2.05) is 36.4 Å². The lowest BCUT2D eigenvalue weighted by molar-refractivity contribution is 0.102. The van der Waals surface area contributed by atoms with Gasteiger partial charge in [0, 0.05) is 17.3 Å². The van der Waals surface area contributed by atoms with Crippen molar-refractivity contribution in [3.05, 3.63) is 84.1 Å². The Morgan fingerprint density at radius 2 is 1.65 bits per heavy atom. The first kappa shape index (κ1) is 14.8. The van der Waals surface area contributed by atoms with Gasteiger partial charge in [-0.05, 0) is 35.9 Å². The zero-order valence-corrected chi connectivity index (χ0v) is 12.0. The van der Waals surface area contributed by atoms with Gasteiger partial charge >= 0.3 is 0 Å². The van der Waals surface area contributed by atoms with Crippen LogP contribution in [0.15, 0.2) is 66.9 Å². The van der Waals surface area contributed by atoms with Gasteiger partial charge in [-0.15, -0.1) is 0 Å². The van der Waals surface area contributed by atoms with Crippen molar-refractivity contribution in [2.75, 3.05) is 5.32 Å². The first-order valence-corrected chi connectivity index (χ1v) is 6.91. The zero-order chi connectivity index (χ0) is 16.2. The van der Waals surface area contributed by atoms with Crippen molar-refractivity contribution in [1.82, 2.24) is 4.98 Å². The Morgan fingerprint density at radius 3 is 2.30 bits per heavy atom. The lowest BCUT2D eigenvalue weighted by Gasteiger charge is -2.06. The molecule has 23 heavy (non-hydrogen) atoms. The molecule has 0 aliphatic heterocycles. The van der Waals surface area contributed by atoms with E-state index >= 15 is 0 Å². The van der Waals surface area contributed by atoms with Crippen LogP contribution in [0.4, 0.5) is 14.6 Å². The van der Waals surface area contributed by atoms with E-state index in [9.17, 15) is 13.6 Å². The fraction of sp³-hybridized carbons (Fsp3) is 0. The SMILES string of the molecule is O=C(Nc1ccc(-c2ccccc2)cn1)c1ccc(F)c(F)c1. The van der Waals surface area contributed by atoms with Gasteiger partial charge in [-0.1, -0.05) is 30.3 Å². The Balaban J connectivity index is 1.75. The molecule has 1 heterocycles. The van der Waals surface area contributed by atoms with Gasteiger partial charge in [-0.25, -0.2) is 13.8 Å². The van der Waals surface area contributed by atoms with Crippen molar-refractivity contribution in [1.29, 1.82) is 0 Å². The summed E-state index contributed by atoms with van der Waals surface area (Å²) in [5, 5.41) is 2.54. The molecule has 0 unspecified atom stereocenters. The number of anilines is 1. The van der Waals surface area contributed by atoms with Crippen LogP contribution in [0.25, 0.3) is 11.1 Å². The lowest BCUT2D eigenvalue weighted by Crippen LogP contribution is -2.13. The first-order chi connectivity index (χ1) is 11.1. The van der Waals surface area contributed by atoms with Crippen molar-refractivity contribution >= 4 is 11.7 Å². The summed E-state index contributed by atoms with van der Waals surface area (Å²) in [5.74, 6) is -2.28. The molecule has 0 aliphatic carbocycles. The molecule has 0 bridgehead atoms. The van der Waals surface area contributed by atoms with E-state index < -0.39 is 17.5 Å². The third-order valence-corrected chi connectivity index (χ3v) is 3.29. The van der Waals surface area contributed by atoms with Gasteiger partial charge in [0.25, 0.3) is 5.91 Å². The number of pyridine rings is 1. The van der Waals surface area contributed by atoms with Crippen LogP contribution >= 0.6 is 0 Å². The number of halogens is 2. The maximum absolute atomic E-state index is 13.1. The summed E-state index contributed by atoms with van der Waals surface area (Å²) in [6.07, 6.45) is 1.64. The standard InChI is InChI=1S/C18H12F2N2O/c19-15-8-6-13(10-16(15)20)18(23)22-17-9-7-14(11-21-17)12-4-2-1-3-5-12/h1-11H,(H,21,22,23). The molecule has 3 aromatic rings. The third kappa shape index (κ3) is 3.40. The molecular weight excluding hydrogens is 298 g/mol. The van der Waals surface area contributed by atoms with E-state index in [0.29, 0.717) is 5.82 Å². The third-order valence-electron chi connectivity index (χ3n) is 3.29. The van der Waals surface area contributed by atoms with Crippen LogP contribution < -0.4 is 5.32 Å². The lowest BCUT2D eigenvalue weighted by atomic mass is 10.1. The van der Waals surface area contributed by atoms with Gasteiger partial charge in [0.15, 0.2) is 11.6 Å². The zero-order valence-electron chi connectivity index (χ0n) is 12.0. The van der Waals surface area contributed by atoms with Gasteiger partial charge in [0.1, 0.15) is 5.82 Å². The van der Waals surface area contributed by atoms with E-state index in [1.54, 1.807) is 12.3 Å². The molecule has 0 atom stereocenters. The van der Waals surface area contributed by atoms with Crippen molar-refractivity contribution < 1.29 is 13.6 Å². The van der Waals surface area contributed by atoms with Crippen LogP contribution in [0, 0.1) is 11.6 Å². The van der Waals surface area contributed by atoms with Gasteiger partial charge in [-0.3, -0.25) is 4.79 Å². The molecule has 3 rings (SSSR count). The summed E-state index contributed by atoms with van der Waals surface area (Å²) in [7, 11) is 0. The molecule has 1 N–H and O–H groups in total. The predicted molar refractivity (Wildman–Crippen MR) is 84.0 cm³/mol. The number of rotatable bonds is 3. The molecule has 1 amide bonds. The molecule has 0 saturated carbocycles. The largest absolute Gasteiger partial charge is 0.307 e. The average Bonchev–Trinajstić information content (AvgIpc) is 2.59. The average molecular weight is 310 g/mol. The van der Waals surface area contributed by atoms with Gasteiger partial charge in [0.2, 0.25) is 0 Å². The van der Waals surface area contributed by atoms with Crippen molar-refractivity contribution in [2.24, 2.45) is 0 Å². The Morgan fingerprint density at radius 1 is 0.870 bits per heavy atom. The second-order valence-corrected chi connectivity index (χ2v) is 4.88. The Hall–Kier alpha value is -3.08. The predicted octanol–water partition coefficient (Wildman–Crippen LogP) is 4.28. The number of aromatic nitrogens is 1. The number of benzene rings is 2. The number of carbonyl (C=O) groups is 1. The monoisotopic (exact) mass is 310 g/mol. The number of nitrogens with one attached hydrogen (secondary N) is 1. The molecule has 0 aliphatic rings. The van der Waals surface area contributed by atoms with Crippen LogP contribution in [-0.2, 0) is 0 Å². The smallest absolute Gasteiger partial charge is 0.256 e. The number of carbonyl (C=O) groups excluding carboxylic acids is 1. The minimum absolute atomic E-state index is 0.0258. The van der Waals surface area contributed by atoms with Crippen LogP contribution in [-0.4, -0.2) is 10.9 Å². The highest BCUT2D eigenvalue weighted by Gasteiger charge is 2.10. The minimum atomic E-state index is -1.06. The fourth-order valence-corrected chi connectivity index (χ4v) is 2.10. The Bertz CT molecular complexity index is 833. The first-order valence-electron chi connectivity index (χ1n) is 6.91. The Kier molecular flexibility index (Phi) is 4.10. The maximum atomic E-state index is 13.1. The minimum Gasteiger partial charge on any atom is -0.307 e. The summed E-state index contributed by atoms with van der Waals surface area (Å²) in [4.78, 5) is 16.2. The summed E-state index contributed by atoms with van der Waals surface area (Å²) >= 11 is 0. The second kappa shape index (κ2) is 6.36. The molecule has 0 spiro atoms. The number of hydrogen-bond acceptors (Lipinski definition) is 2. The van der Waals surface area contributed by atoms with Gasteiger partial charge in [-0.2, -0.15) is 0 Å². The normalized spacial score (nSPS) is 10.3. The van der Waals surface area contributed by atoms with Crippen LogP contribution in [0.5, 0.6) is 0 Å². The van der Waals surface area contributed by atoms with Gasteiger partial charge in [0.05, 0.1) is 0 Å². The summed E-state index contributed by atoms with van der Waals surface area (Å²) in [6, 6.07) is 16.1. The van der Waals surface area contributed by atoms with Crippen LogP contribution in [0.1, 0.15) is 10.4 Å². The van der Waals surface area contributed by atoms with Crippen molar-refractivity contribution in [2.45, 2.75) is 0 Å². The summed E-state index contributed by atoms with van der Waals surface area (Å²) in [6.45, 7) is 0. The highest BCUT2D eigenvalue weighted by atomic mass is 19.2. The van der Waals surface area contributed by atoms with E-state index in [2.05, 4.69) is 10.3 Å². The van der Waals surface area contributed by atoms with E-state index in [1.165, 1.54) is 6.07 Å². The molecular formula is C18H12F2N2O. The molecule has 1 aromatic heterocycles. The highest BCUT2D eigenvalue weighted by molar-refractivity contribution is 6.03. The van der Waals surface area contributed by atoms with E-state index in [-0.39, 0.29) is 5.56 Å². The molecule has 3 nitrogen and oxygen atoms in total. The molecule has 2 aromatic carbocycles. The second-order valence-electron chi connectivity index (χ2n) is 4.88. The quantitative estimate of drug-likeness (QED) is 0.784.